The Hall–Kier alpha value is -0.660. The van der Waals surface area contributed by atoms with Crippen LogP contribution in [0, 0.1) is 0 Å². The van der Waals surface area contributed by atoms with Crippen molar-refractivity contribution in [3.05, 3.63) is 0 Å². The second-order valence-electron chi connectivity index (χ2n) is 6.01. The molecule has 15 heteroatoms. The molecule has 5 atom stereocenters. The Labute approximate surface area is 132 Å². The van der Waals surface area contributed by atoms with Crippen molar-refractivity contribution in [1.82, 2.24) is 0 Å². The van der Waals surface area contributed by atoms with Crippen LogP contribution >= 0.6 is 11.6 Å². The SMILES string of the molecule is OC1[C@@]2(F)C(F)(F)C3(F)C(F)(F)C(Cl)(C2(F)F)C(F)(F)[C@@]1(F)C3(F)F. The maximum absolute atomic E-state index is 14.3. The highest BCUT2D eigenvalue weighted by atomic mass is 35.5. The molecule has 1 nitrogen and oxygen atoms in total. The third-order valence-electron chi connectivity index (χ3n) is 5.18. The number of hydrogen-bond acceptors (Lipinski definition) is 1. The Morgan fingerprint density at radius 3 is 1.08 bits per heavy atom. The topological polar surface area (TPSA) is 20.2 Å². The molecule has 0 aromatic carbocycles. The third-order valence-corrected chi connectivity index (χ3v) is 5.89. The van der Waals surface area contributed by atoms with E-state index < -0.39 is 57.6 Å². The molecule has 4 aliphatic rings. The molecule has 4 bridgehead atoms. The van der Waals surface area contributed by atoms with E-state index in [9.17, 15) is 57.1 Å². The van der Waals surface area contributed by atoms with Crippen LogP contribution in [0.2, 0.25) is 0 Å². The number of rotatable bonds is 0. The predicted molar refractivity (Wildman–Crippen MR) is 50.8 cm³/mol. The van der Waals surface area contributed by atoms with E-state index in [1.807, 2.05) is 0 Å². The standard InChI is InChI=1S/C10H2ClF13O/c11-4-6(15,16)2(12)1(25)3(13,7(4,17)18)9(21,22)5(14,8(2,19)20)10(4,23)24/h1,25H/t1?,2-,3+,4?,5?. The van der Waals surface area contributed by atoms with Gasteiger partial charge in [0.05, 0.1) is 0 Å². The number of halogens is 14. The Morgan fingerprint density at radius 2 is 0.800 bits per heavy atom. The van der Waals surface area contributed by atoms with Crippen molar-refractivity contribution in [1.29, 1.82) is 0 Å². The molecule has 1 N–H and O–H groups in total. The summed E-state index contributed by atoms with van der Waals surface area (Å²) in [6.45, 7) is 0. The van der Waals surface area contributed by atoms with Gasteiger partial charge in [-0.3, -0.25) is 0 Å². The molecule has 3 unspecified atom stereocenters. The van der Waals surface area contributed by atoms with Gasteiger partial charge in [0, 0.05) is 0 Å². The van der Waals surface area contributed by atoms with Crippen molar-refractivity contribution in [2.24, 2.45) is 0 Å². The summed E-state index contributed by atoms with van der Waals surface area (Å²) in [5.74, 6) is -35.6. The Balaban J connectivity index is 2.65. The van der Waals surface area contributed by atoms with Crippen LogP contribution in [0.15, 0.2) is 0 Å². The van der Waals surface area contributed by atoms with E-state index in [1.54, 1.807) is 0 Å². The van der Waals surface area contributed by atoms with Crippen LogP contribution in [0.1, 0.15) is 0 Å². The predicted octanol–water partition coefficient (Wildman–Crippen LogP) is 3.67. The molecule has 4 saturated carbocycles. The lowest BCUT2D eigenvalue weighted by Crippen LogP contribution is -3.07. The van der Waals surface area contributed by atoms with Crippen LogP contribution in [-0.2, 0) is 0 Å². The van der Waals surface area contributed by atoms with Crippen molar-refractivity contribution in [2.75, 3.05) is 0 Å². The van der Waals surface area contributed by atoms with Crippen molar-refractivity contribution in [2.45, 2.75) is 57.6 Å². The van der Waals surface area contributed by atoms with Crippen molar-refractivity contribution in [3.8, 4) is 0 Å². The normalized spacial score (nSPS) is 56.0. The van der Waals surface area contributed by atoms with Gasteiger partial charge in [0.15, 0.2) is 0 Å². The molecule has 0 aromatic rings. The second-order valence-corrected chi connectivity index (χ2v) is 6.58. The van der Waals surface area contributed by atoms with Crippen molar-refractivity contribution < 1.29 is 62.2 Å². The molecule has 0 saturated heterocycles. The average Bonchev–Trinajstić information content (AvgIpc) is 2.45. The zero-order valence-corrected chi connectivity index (χ0v) is 11.6. The van der Waals surface area contributed by atoms with E-state index in [-0.39, 0.29) is 0 Å². The van der Waals surface area contributed by atoms with Gasteiger partial charge in [-0.25, -0.2) is 39.5 Å². The minimum atomic E-state index is -7.24. The minimum absolute atomic E-state index is 4.25. The van der Waals surface area contributed by atoms with E-state index >= 15 is 0 Å². The molecule has 0 aliphatic heterocycles. The summed E-state index contributed by atoms with van der Waals surface area (Å²) in [6, 6.07) is 0. The number of hydrogen-bond donors (Lipinski definition) is 1. The van der Waals surface area contributed by atoms with Crippen molar-refractivity contribution >= 4 is 11.6 Å². The molecule has 0 radical (unpaired) electrons. The highest BCUT2D eigenvalue weighted by molar-refractivity contribution is 6.27. The summed E-state index contributed by atoms with van der Waals surface area (Å²) in [6.07, 6.45) is -5.30. The second kappa shape index (κ2) is 3.67. The molecule has 25 heavy (non-hydrogen) atoms. The summed E-state index contributed by atoms with van der Waals surface area (Å²) in [5, 5.41) is 8.95. The van der Waals surface area contributed by atoms with Gasteiger partial charge in [0.2, 0.25) is 4.87 Å². The summed E-state index contributed by atoms with van der Waals surface area (Å²) in [4.78, 5) is -6.51. The first-order valence-electron chi connectivity index (χ1n) is 5.98. The molecule has 0 aromatic heterocycles. The zero-order chi connectivity index (χ0) is 20.1. The fourth-order valence-corrected chi connectivity index (χ4v) is 4.18. The maximum Gasteiger partial charge on any atom is 0.335 e. The van der Waals surface area contributed by atoms with E-state index in [2.05, 4.69) is 11.6 Å². The monoisotopic (exact) mass is 420 g/mol. The molecule has 4 fully saturated rings. The molecule has 0 heterocycles. The fourth-order valence-electron chi connectivity index (χ4n) is 3.78. The van der Waals surface area contributed by atoms with Crippen LogP contribution in [-0.4, -0.2) is 62.7 Å². The van der Waals surface area contributed by atoms with Gasteiger partial charge in [-0.15, -0.1) is 0 Å². The maximum atomic E-state index is 14.3. The van der Waals surface area contributed by atoms with E-state index in [4.69, 9.17) is 5.11 Å². The van der Waals surface area contributed by atoms with Crippen LogP contribution in [0.25, 0.3) is 0 Å². The minimum Gasteiger partial charge on any atom is -0.385 e. The van der Waals surface area contributed by atoms with Gasteiger partial charge in [0.25, 0.3) is 11.3 Å². The smallest absolute Gasteiger partial charge is 0.335 e. The zero-order valence-electron chi connectivity index (χ0n) is 10.8. The number of alkyl halides is 14. The highest BCUT2D eigenvalue weighted by Crippen LogP contribution is 2.86. The molecular formula is C10H2ClF13O. The number of aliphatic hydroxyl groups is 1. The van der Waals surface area contributed by atoms with Crippen LogP contribution in [0.3, 0.4) is 0 Å². The first-order chi connectivity index (χ1) is 10.7. The lowest BCUT2D eigenvalue weighted by atomic mass is 9.42. The molecular weight excluding hydrogens is 419 g/mol. The Kier molecular flexibility index (Phi) is 2.81. The van der Waals surface area contributed by atoms with E-state index in [0.29, 0.717) is 0 Å². The van der Waals surface area contributed by atoms with Crippen LogP contribution in [0.4, 0.5) is 57.1 Å². The molecule has 4 rings (SSSR count). The lowest BCUT2D eigenvalue weighted by molar-refractivity contribution is -0.555. The highest BCUT2D eigenvalue weighted by Gasteiger charge is 3.18. The van der Waals surface area contributed by atoms with Crippen molar-refractivity contribution in [3.63, 3.8) is 0 Å². The Bertz CT molecular complexity index is 586. The summed E-state index contributed by atoms with van der Waals surface area (Å²) in [7, 11) is 0. The third kappa shape index (κ3) is 1.03. The van der Waals surface area contributed by atoms with Gasteiger partial charge < -0.3 is 5.11 Å². The van der Waals surface area contributed by atoms with Crippen LogP contribution in [0.5, 0.6) is 0 Å². The molecule has 146 valence electrons. The summed E-state index contributed by atoms with van der Waals surface area (Å²) in [5.41, 5.74) is -20.5. The van der Waals surface area contributed by atoms with Crippen LogP contribution < -0.4 is 0 Å². The summed E-state index contributed by atoms with van der Waals surface area (Å²) < 4.78 is 181. The fraction of sp³-hybridized carbons (Fsp3) is 1.00. The summed E-state index contributed by atoms with van der Waals surface area (Å²) >= 11 is 4.25. The lowest BCUT2D eigenvalue weighted by Gasteiger charge is -2.73. The van der Waals surface area contributed by atoms with Gasteiger partial charge >= 0.3 is 35.3 Å². The first-order valence-corrected chi connectivity index (χ1v) is 6.36. The van der Waals surface area contributed by atoms with E-state index in [1.165, 1.54) is 0 Å². The van der Waals surface area contributed by atoms with Gasteiger partial charge in [0.1, 0.15) is 6.10 Å². The molecule has 4 aliphatic carbocycles. The van der Waals surface area contributed by atoms with E-state index in [0.717, 1.165) is 0 Å². The first kappa shape index (κ1) is 19.1. The van der Waals surface area contributed by atoms with Gasteiger partial charge in [-0.05, 0) is 0 Å². The largest absolute Gasteiger partial charge is 0.385 e. The molecule has 0 amide bonds. The number of aliphatic hydroxyl groups excluding tert-OH is 1. The Morgan fingerprint density at radius 1 is 0.520 bits per heavy atom. The average molecular weight is 421 g/mol. The molecule has 0 spiro atoms. The quantitative estimate of drug-likeness (QED) is 0.468. The van der Waals surface area contributed by atoms with Gasteiger partial charge in [-0.2, -0.15) is 17.6 Å². The van der Waals surface area contributed by atoms with Gasteiger partial charge in [-0.1, -0.05) is 11.6 Å².